The van der Waals surface area contributed by atoms with Crippen molar-refractivity contribution in [2.24, 2.45) is 0 Å². The van der Waals surface area contributed by atoms with Crippen LogP contribution in [0.3, 0.4) is 0 Å². The van der Waals surface area contributed by atoms with Gasteiger partial charge in [-0.3, -0.25) is 9.69 Å². The first-order chi connectivity index (χ1) is 15.4. The minimum Gasteiger partial charge on any atom is -0.489 e. The molecule has 7 heteroatoms. The zero-order valence-electron chi connectivity index (χ0n) is 18.2. The van der Waals surface area contributed by atoms with Gasteiger partial charge in [0.15, 0.2) is 0 Å². The maximum Gasteiger partial charge on any atom is 0.264 e. The van der Waals surface area contributed by atoms with Gasteiger partial charge in [-0.25, -0.2) is 0 Å². The van der Waals surface area contributed by atoms with E-state index in [0.29, 0.717) is 29.7 Å². The van der Waals surface area contributed by atoms with E-state index >= 15 is 0 Å². The van der Waals surface area contributed by atoms with Crippen molar-refractivity contribution in [1.82, 2.24) is 9.80 Å². The fraction of sp³-hybridized carbons (Fsp3) is 0.320. The summed E-state index contributed by atoms with van der Waals surface area (Å²) in [6, 6.07) is 13.6. The third-order valence-electron chi connectivity index (χ3n) is 5.82. The molecule has 1 aromatic heterocycles. The summed E-state index contributed by atoms with van der Waals surface area (Å²) in [5, 5.41) is 3.33. The molecule has 2 heterocycles. The molecule has 0 atom stereocenters. The normalized spacial score (nSPS) is 14.6. The number of amides is 1. The van der Waals surface area contributed by atoms with Crippen LogP contribution in [0.5, 0.6) is 5.75 Å². The largest absolute Gasteiger partial charge is 0.489 e. The fourth-order valence-corrected chi connectivity index (χ4v) is 5.02. The van der Waals surface area contributed by atoms with Gasteiger partial charge in [0.05, 0.1) is 4.88 Å². The van der Waals surface area contributed by atoms with Gasteiger partial charge in [-0.2, -0.15) is 0 Å². The van der Waals surface area contributed by atoms with Gasteiger partial charge < -0.3 is 9.64 Å². The second-order valence-corrected chi connectivity index (χ2v) is 9.91. The van der Waals surface area contributed by atoms with E-state index in [1.54, 1.807) is 6.07 Å². The average molecular weight is 489 g/mol. The summed E-state index contributed by atoms with van der Waals surface area (Å²) in [6.45, 7) is 8.43. The molecule has 0 radical (unpaired) electrons. The molecular formula is C25H26Cl2N2O2S. The summed E-state index contributed by atoms with van der Waals surface area (Å²) < 4.78 is 5.91. The molecule has 0 aliphatic carbocycles. The number of hydrogen-bond acceptors (Lipinski definition) is 4. The number of piperazine rings is 1. The number of aryl methyl sites for hydroxylation is 2. The van der Waals surface area contributed by atoms with Gasteiger partial charge in [-0.05, 0) is 66.2 Å². The monoisotopic (exact) mass is 488 g/mol. The topological polar surface area (TPSA) is 32.8 Å². The molecule has 168 valence electrons. The van der Waals surface area contributed by atoms with Crippen LogP contribution in [0.2, 0.25) is 10.0 Å². The van der Waals surface area contributed by atoms with Crippen LogP contribution in [-0.4, -0.2) is 41.9 Å². The van der Waals surface area contributed by atoms with Crippen molar-refractivity contribution < 1.29 is 9.53 Å². The van der Waals surface area contributed by atoms with Crippen molar-refractivity contribution in [2.75, 3.05) is 26.2 Å². The molecule has 0 spiro atoms. The highest BCUT2D eigenvalue weighted by Crippen LogP contribution is 2.24. The number of carbonyl (C=O) groups is 1. The van der Waals surface area contributed by atoms with Crippen molar-refractivity contribution in [3.05, 3.63) is 85.0 Å². The molecule has 4 nitrogen and oxygen atoms in total. The molecule has 1 saturated heterocycles. The van der Waals surface area contributed by atoms with E-state index in [1.165, 1.54) is 22.5 Å². The quantitative estimate of drug-likeness (QED) is 0.413. The number of rotatable bonds is 6. The molecule has 0 unspecified atom stereocenters. The smallest absolute Gasteiger partial charge is 0.264 e. The van der Waals surface area contributed by atoms with E-state index < -0.39 is 0 Å². The lowest BCUT2D eigenvalue weighted by molar-refractivity contribution is 0.0633. The Kier molecular flexibility index (Phi) is 7.41. The molecule has 4 rings (SSSR count). The lowest BCUT2D eigenvalue weighted by Crippen LogP contribution is -2.48. The predicted molar refractivity (Wildman–Crippen MR) is 132 cm³/mol. The Morgan fingerprint density at radius 3 is 2.50 bits per heavy atom. The van der Waals surface area contributed by atoms with E-state index in [0.717, 1.165) is 41.4 Å². The lowest BCUT2D eigenvalue weighted by Gasteiger charge is -2.34. The molecule has 32 heavy (non-hydrogen) atoms. The van der Waals surface area contributed by atoms with E-state index in [9.17, 15) is 4.79 Å². The highest BCUT2D eigenvalue weighted by atomic mass is 35.5. The maximum atomic E-state index is 13.0. The Hall–Kier alpha value is -2.05. The van der Waals surface area contributed by atoms with E-state index in [2.05, 4.69) is 24.8 Å². The molecule has 1 aliphatic rings. The zero-order chi connectivity index (χ0) is 22.7. The summed E-state index contributed by atoms with van der Waals surface area (Å²) in [5.74, 6) is 0.945. The molecule has 1 aliphatic heterocycles. The third kappa shape index (κ3) is 5.65. The SMILES string of the molecule is Cc1ccc(OCc2csc(C(=O)N3CCN(Cc4ccc(Cl)cc4Cl)CC3)c2)cc1C. The molecule has 1 fully saturated rings. The van der Waals surface area contributed by atoms with E-state index in [-0.39, 0.29) is 5.91 Å². The Morgan fingerprint density at radius 1 is 1.00 bits per heavy atom. The number of nitrogens with zero attached hydrogens (tertiary/aromatic N) is 2. The van der Waals surface area contributed by atoms with Crippen LogP contribution in [0.4, 0.5) is 0 Å². The molecule has 2 aromatic carbocycles. The molecule has 3 aromatic rings. The second kappa shape index (κ2) is 10.3. The Morgan fingerprint density at radius 2 is 1.78 bits per heavy atom. The highest BCUT2D eigenvalue weighted by molar-refractivity contribution is 7.12. The van der Waals surface area contributed by atoms with Gasteiger partial charge in [0.25, 0.3) is 5.91 Å². The number of carbonyl (C=O) groups excluding carboxylic acids is 1. The molecular weight excluding hydrogens is 463 g/mol. The summed E-state index contributed by atoms with van der Waals surface area (Å²) in [5.41, 5.74) is 4.54. The number of benzene rings is 2. The van der Waals surface area contributed by atoms with Gasteiger partial charge in [0.1, 0.15) is 12.4 Å². The van der Waals surface area contributed by atoms with Gasteiger partial charge in [-0.15, -0.1) is 11.3 Å². The van der Waals surface area contributed by atoms with Crippen molar-refractivity contribution in [3.8, 4) is 5.75 Å². The van der Waals surface area contributed by atoms with Gasteiger partial charge in [0, 0.05) is 48.3 Å². The van der Waals surface area contributed by atoms with Crippen LogP contribution in [0, 0.1) is 13.8 Å². The first kappa shape index (κ1) is 23.1. The van der Waals surface area contributed by atoms with Crippen LogP contribution in [0.1, 0.15) is 31.9 Å². The van der Waals surface area contributed by atoms with Crippen molar-refractivity contribution in [2.45, 2.75) is 27.0 Å². The van der Waals surface area contributed by atoms with Crippen molar-refractivity contribution >= 4 is 40.4 Å². The number of hydrogen-bond donors (Lipinski definition) is 0. The molecule has 1 amide bonds. The Labute approximate surface area is 203 Å². The summed E-state index contributed by atoms with van der Waals surface area (Å²) in [7, 11) is 0. The highest BCUT2D eigenvalue weighted by Gasteiger charge is 2.23. The van der Waals surface area contributed by atoms with Crippen LogP contribution >= 0.6 is 34.5 Å². The molecule has 0 saturated carbocycles. The van der Waals surface area contributed by atoms with Crippen molar-refractivity contribution in [3.63, 3.8) is 0 Å². The van der Waals surface area contributed by atoms with Gasteiger partial charge >= 0.3 is 0 Å². The fourth-order valence-electron chi connectivity index (χ4n) is 3.69. The number of halogens is 2. The molecule has 0 N–H and O–H groups in total. The molecule has 0 bridgehead atoms. The zero-order valence-corrected chi connectivity index (χ0v) is 20.6. The van der Waals surface area contributed by atoms with Crippen LogP contribution in [0.25, 0.3) is 0 Å². The summed E-state index contributed by atoms with van der Waals surface area (Å²) in [4.78, 5) is 18.0. The first-order valence-corrected chi connectivity index (χ1v) is 12.3. The Bertz CT molecular complexity index is 1110. The van der Waals surface area contributed by atoms with Gasteiger partial charge in [-0.1, -0.05) is 35.3 Å². The first-order valence-electron chi connectivity index (χ1n) is 10.6. The standard InChI is InChI=1S/C25H26Cl2N2O2S/c1-17-3-6-22(11-18(17)2)31-15-19-12-24(32-16-19)25(30)29-9-7-28(8-10-29)14-20-4-5-21(26)13-23(20)27/h3-6,11-13,16H,7-10,14-15H2,1-2H3. The van der Waals surface area contributed by atoms with Crippen LogP contribution in [-0.2, 0) is 13.2 Å². The minimum atomic E-state index is 0.0941. The van der Waals surface area contributed by atoms with Crippen molar-refractivity contribution in [1.29, 1.82) is 0 Å². The minimum absolute atomic E-state index is 0.0941. The summed E-state index contributed by atoms with van der Waals surface area (Å²) >= 11 is 13.8. The second-order valence-electron chi connectivity index (χ2n) is 8.16. The lowest BCUT2D eigenvalue weighted by atomic mass is 10.1. The average Bonchev–Trinajstić information content (AvgIpc) is 3.26. The van der Waals surface area contributed by atoms with Crippen LogP contribution in [0.15, 0.2) is 47.8 Å². The number of thiophene rings is 1. The third-order valence-corrected chi connectivity index (χ3v) is 7.37. The van der Waals surface area contributed by atoms with Gasteiger partial charge in [0.2, 0.25) is 0 Å². The Balaban J connectivity index is 1.28. The maximum absolute atomic E-state index is 13.0. The predicted octanol–water partition coefficient (Wildman–Crippen LogP) is 6.21. The number of ether oxygens (including phenoxy) is 1. The summed E-state index contributed by atoms with van der Waals surface area (Å²) in [6.07, 6.45) is 0. The van der Waals surface area contributed by atoms with E-state index in [4.69, 9.17) is 27.9 Å². The van der Waals surface area contributed by atoms with E-state index in [1.807, 2.05) is 40.6 Å². The van der Waals surface area contributed by atoms with Crippen LogP contribution < -0.4 is 4.74 Å².